The van der Waals surface area contributed by atoms with Gasteiger partial charge in [-0.05, 0) is 43.0 Å². The molecule has 0 unspecified atom stereocenters. The quantitative estimate of drug-likeness (QED) is 0.867. The van der Waals surface area contributed by atoms with Gasteiger partial charge in [0.15, 0.2) is 9.84 Å². The van der Waals surface area contributed by atoms with Crippen LogP contribution in [0, 0.1) is 6.92 Å². The van der Waals surface area contributed by atoms with Crippen LogP contribution in [0.1, 0.15) is 24.0 Å². The van der Waals surface area contributed by atoms with Gasteiger partial charge in [0.25, 0.3) is 0 Å². The molecule has 0 amide bonds. The highest BCUT2D eigenvalue weighted by molar-refractivity contribution is 7.90. The highest BCUT2D eigenvalue weighted by atomic mass is 32.2. The maximum atomic E-state index is 11.4. The summed E-state index contributed by atoms with van der Waals surface area (Å²) in [6, 6.07) is 5.36. The van der Waals surface area contributed by atoms with Crippen molar-refractivity contribution in [1.82, 2.24) is 0 Å². The minimum atomic E-state index is -3.11. The van der Waals surface area contributed by atoms with Crippen molar-refractivity contribution in [3.8, 4) is 0 Å². The second-order valence-corrected chi connectivity index (χ2v) is 6.75. The molecular formula is C12H17NO2S. The van der Waals surface area contributed by atoms with Crippen LogP contribution in [0.25, 0.3) is 0 Å². The van der Waals surface area contributed by atoms with Crippen LogP contribution < -0.4 is 5.73 Å². The van der Waals surface area contributed by atoms with Crippen molar-refractivity contribution in [3.63, 3.8) is 0 Å². The third kappa shape index (κ3) is 1.87. The molecule has 0 aliphatic heterocycles. The molecule has 2 N–H and O–H groups in total. The summed E-state index contributed by atoms with van der Waals surface area (Å²) in [5.74, 6) is 0. The topological polar surface area (TPSA) is 60.2 Å². The zero-order valence-corrected chi connectivity index (χ0v) is 10.5. The summed E-state index contributed by atoms with van der Waals surface area (Å²) in [7, 11) is -3.11. The van der Waals surface area contributed by atoms with E-state index in [2.05, 4.69) is 0 Å². The number of nitrogens with two attached hydrogens (primary N) is 1. The van der Waals surface area contributed by atoms with Crippen LogP contribution in [0.4, 0.5) is 0 Å². The third-order valence-corrected chi connectivity index (χ3v) is 4.55. The van der Waals surface area contributed by atoms with Crippen molar-refractivity contribution in [1.29, 1.82) is 0 Å². The highest BCUT2D eigenvalue weighted by Crippen LogP contribution is 2.48. The molecule has 0 atom stereocenters. The normalized spacial score (nSPS) is 18.4. The summed E-state index contributed by atoms with van der Waals surface area (Å²) in [5.41, 5.74) is 8.14. The first-order valence-electron chi connectivity index (χ1n) is 5.40. The first-order valence-corrected chi connectivity index (χ1v) is 7.29. The van der Waals surface area contributed by atoms with Gasteiger partial charge in [0.05, 0.1) is 4.90 Å². The Morgan fingerprint density at radius 1 is 1.38 bits per heavy atom. The second kappa shape index (κ2) is 3.57. The molecule has 0 aromatic heterocycles. The van der Waals surface area contributed by atoms with Crippen molar-refractivity contribution in [2.45, 2.75) is 30.1 Å². The van der Waals surface area contributed by atoms with Gasteiger partial charge in [-0.3, -0.25) is 0 Å². The molecule has 0 spiro atoms. The lowest BCUT2D eigenvalue weighted by molar-refractivity contribution is 0.601. The van der Waals surface area contributed by atoms with Crippen LogP contribution >= 0.6 is 0 Å². The van der Waals surface area contributed by atoms with Gasteiger partial charge in [0.1, 0.15) is 0 Å². The Morgan fingerprint density at radius 3 is 2.38 bits per heavy atom. The molecule has 1 aliphatic carbocycles. The fourth-order valence-corrected chi connectivity index (χ4v) is 2.90. The minimum Gasteiger partial charge on any atom is -0.330 e. The van der Waals surface area contributed by atoms with Crippen LogP contribution in [-0.4, -0.2) is 21.2 Å². The molecule has 88 valence electrons. The number of hydrogen-bond acceptors (Lipinski definition) is 3. The number of benzene rings is 1. The van der Waals surface area contributed by atoms with E-state index in [0.29, 0.717) is 11.4 Å². The average molecular weight is 239 g/mol. The van der Waals surface area contributed by atoms with Gasteiger partial charge >= 0.3 is 0 Å². The molecule has 1 saturated carbocycles. The van der Waals surface area contributed by atoms with Gasteiger partial charge in [0, 0.05) is 18.2 Å². The van der Waals surface area contributed by atoms with E-state index in [9.17, 15) is 8.42 Å². The van der Waals surface area contributed by atoms with E-state index in [-0.39, 0.29) is 5.41 Å². The SMILES string of the molecule is Cc1cc(S(C)(=O)=O)ccc1C1(CN)CC1. The molecule has 1 aromatic carbocycles. The maximum absolute atomic E-state index is 11.4. The third-order valence-electron chi connectivity index (χ3n) is 3.44. The second-order valence-electron chi connectivity index (χ2n) is 4.73. The van der Waals surface area contributed by atoms with E-state index in [0.717, 1.165) is 18.4 Å². The predicted molar refractivity (Wildman–Crippen MR) is 64.3 cm³/mol. The van der Waals surface area contributed by atoms with E-state index in [1.807, 2.05) is 13.0 Å². The fraction of sp³-hybridized carbons (Fsp3) is 0.500. The lowest BCUT2D eigenvalue weighted by atomic mass is 9.92. The van der Waals surface area contributed by atoms with E-state index in [1.54, 1.807) is 12.1 Å². The van der Waals surface area contributed by atoms with Gasteiger partial charge in [0.2, 0.25) is 0 Å². The lowest BCUT2D eigenvalue weighted by Gasteiger charge is -2.16. The number of aryl methyl sites for hydroxylation is 1. The molecule has 0 saturated heterocycles. The van der Waals surface area contributed by atoms with E-state index in [1.165, 1.54) is 11.8 Å². The summed E-state index contributed by atoms with van der Waals surface area (Å²) in [4.78, 5) is 0.390. The summed E-state index contributed by atoms with van der Waals surface area (Å²) in [6.07, 6.45) is 3.46. The Hall–Kier alpha value is -0.870. The Labute approximate surface area is 96.6 Å². The summed E-state index contributed by atoms with van der Waals surface area (Å²) in [5, 5.41) is 0. The first kappa shape index (κ1) is 11.6. The number of hydrogen-bond donors (Lipinski definition) is 1. The highest BCUT2D eigenvalue weighted by Gasteiger charge is 2.43. The molecule has 1 aromatic rings. The van der Waals surface area contributed by atoms with E-state index in [4.69, 9.17) is 5.73 Å². The molecule has 3 nitrogen and oxygen atoms in total. The average Bonchev–Trinajstić information content (AvgIpc) is 2.97. The van der Waals surface area contributed by atoms with Crippen LogP contribution in [0.15, 0.2) is 23.1 Å². The van der Waals surface area contributed by atoms with Crippen molar-refractivity contribution < 1.29 is 8.42 Å². The van der Waals surface area contributed by atoms with E-state index >= 15 is 0 Å². The Bertz CT molecular complexity index is 516. The molecular weight excluding hydrogens is 222 g/mol. The minimum absolute atomic E-state index is 0.125. The zero-order chi connectivity index (χ0) is 12.0. The molecule has 0 radical (unpaired) electrons. The number of rotatable bonds is 3. The van der Waals surface area contributed by atoms with Gasteiger partial charge in [-0.25, -0.2) is 8.42 Å². The van der Waals surface area contributed by atoms with Gasteiger partial charge in [-0.2, -0.15) is 0 Å². The smallest absolute Gasteiger partial charge is 0.175 e. The first-order chi connectivity index (χ1) is 7.39. The molecule has 4 heteroatoms. The molecule has 0 bridgehead atoms. The Balaban J connectivity index is 2.46. The van der Waals surface area contributed by atoms with Gasteiger partial charge < -0.3 is 5.73 Å². The van der Waals surface area contributed by atoms with Gasteiger partial charge in [-0.1, -0.05) is 6.07 Å². The van der Waals surface area contributed by atoms with Gasteiger partial charge in [-0.15, -0.1) is 0 Å². The molecule has 1 aliphatic rings. The Kier molecular flexibility index (Phi) is 2.59. The van der Waals surface area contributed by atoms with Crippen LogP contribution in [0.5, 0.6) is 0 Å². The van der Waals surface area contributed by atoms with Crippen LogP contribution in [0.2, 0.25) is 0 Å². The summed E-state index contributed by atoms with van der Waals surface area (Å²) in [6.45, 7) is 2.60. The van der Waals surface area contributed by atoms with Crippen molar-refractivity contribution in [2.75, 3.05) is 12.8 Å². The fourth-order valence-electron chi connectivity index (χ4n) is 2.20. The van der Waals surface area contributed by atoms with Crippen molar-refractivity contribution in [3.05, 3.63) is 29.3 Å². The molecule has 1 fully saturated rings. The molecule has 16 heavy (non-hydrogen) atoms. The van der Waals surface area contributed by atoms with Crippen molar-refractivity contribution in [2.24, 2.45) is 5.73 Å². The Morgan fingerprint density at radius 2 is 2.00 bits per heavy atom. The summed E-state index contributed by atoms with van der Waals surface area (Å²) >= 11 is 0. The monoisotopic (exact) mass is 239 g/mol. The lowest BCUT2D eigenvalue weighted by Crippen LogP contribution is -2.20. The standard InChI is InChI=1S/C12H17NO2S/c1-9-7-10(16(2,14)15)3-4-11(9)12(8-13)5-6-12/h3-4,7H,5-6,8,13H2,1-2H3. The predicted octanol–water partition coefficient (Wildman–Crippen LogP) is 1.39. The van der Waals surface area contributed by atoms with E-state index < -0.39 is 9.84 Å². The summed E-state index contributed by atoms with van der Waals surface area (Å²) < 4.78 is 22.8. The zero-order valence-electron chi connectivity index (χ0n) is 9.66. The largest absolute Gasteiger partial charge is 0.330 e. The van der Waals surface area contributed by atoms with Crippen LogP contribution in [-0.2, 0) is 15.3 Å². The molecule has 0 heterocycles. The van der Waals surface area contributed by atoms with Crippen molar-refractivity contribution >= 4 is 9.84 Å². The molecule has 2 rings (SSSR count). The number of sulfone groups is 1. The maximum Gasteiger partial charge on any atom is 0.175 e. The van der Waals surface area contributed by atoms with Crippen LogP contribution in [0.3, 0.4) is 0 Å².